The lowest BCUT2D eigenvalue weighted by Gasteiger charge is -2.39. The highest BCUT2D eigenvalue weighted by Crippen LogP contribution is 2.29. The minimum absolute atomic E-state index is 0.108. The smallest absolute Gasteiger partial charge is 0.266 e. The zero-order chi connectivity index (χ0) is 24.6. The van der Waals surface area contributed by atoms with Gasteiger partial charge in [0.05, 0.1) is 6.04 Å². The number of hydrogen-bond acceptors (Lipinski definition) is 5. The highest BCUT2D eigenvalue weighted by Gasteiger charge is 2.29. The van der Waals surface area contributed by atoms with Crippen molar-refractivity contribution >= 4 is 17.3 Å². The van der Waals surface area contributed by atoms with Crippen LogP contribution in [-0.4, -0.2) is 56.0 Å². The molecule has 1 fully saturated rings. The maximum absolute atomic E-state index is 13.1. The first-order chi connectivity index (χ1) is 17.1. The Morgan fingerprint density at radius 3 is 2.06 bits per heavy atom. The van der Waals surface area contributed by atoms with E-state index in [2.05, 4.69) is 64.8 Å². The summed E-state index contributed by atoms with van der Waals surface area (Å²) in [7, 11) is 3.94. The number of carbonyl (C=O) groups is 1. The molecule has 1 saturated heterocycles. The van der Waals surface area contributed by atoms with Gasteiger partial charge in [-0.05, 0) is 29.3 Å². The molecule has 0 saturated carbocycles. The number of carbonyl (C=O) groups excluding carboxylic acids is 1. The van der Waals surface area contributed by atoms with Crippen molar-refractivity contribution in [3.05, 3.63) is 108 Å². The Balaban J connectivity index is 1.44. The molecule has 0 bridgehead atoms. The monoisotopic (exact) mass is 465 g/mol. The number of rotatable bonds is 7. The van der Waals surface area contributed by atoms with Gasteiger partial charge >= 0.3 is 0 Å². The summed E-state index contributed by atoms with van der Waals surface area (Å²) in [6.07, 6.45) is 1.51. The van der Waals surface area contributed by atoms with Crippen LogP contribution in [0.25, 0.3) is 0 Å². The first kappa shape index (κ1) is 24.1. The van der Waals surface area contributed by atoms with Crippen molar-refractivity contribution in [2.45, 2.75) is 6.04 Å². The quantitative estimate of drug-likeness (QED) is 0.411. The van der Waals surface area contributed by atoms with Gasteiger partial charge in [-0.2, -0.15) is 5.26 Å². The normalized spacial score (nSPS) is 14.5. The summed E-state index contributed by atoms with van der Waals surface area (Å²) in [4.78, 5) is 19.3. The van der Waals surface area contributed by atoms with Crippen LogP contribution in [0.1, 0.15) is 17.2 Å². The number of nitrogens with one attached hydrogen (secondary N) is 1. The van der Waals surface area contributed by atoms with Gasteiger partial charge in [0.1, 0.15) is 11.6 Å². The molecule has 4 rings (SSSR count). The Morgan fingerprint density at radius 1 is 0.914 bits per heavy atom. The average molecular weight is 466 g/mol. The van der Waals surface area contributed by atoms with Crippen molar-refractivity contribution in [2.24, 2.45) is 0 Å². The average Bonchev–Trinajstić information content (AvgIpc) is 2.91. The molecule has 1 heterocycles. The van der Waals surface area contributed by atoms with E-state index in [1.807, 2.05) is 55.4 Å². The molecule has 6 heteroatoms. The van der Waals surface area contributed by atoms with E-state index in [9.17, 15) is 10.1 Å². The molecule has 6 nitrogen and oxygen atoms in total. The van der Waals surface area contributed by atoms with E-state index in [1.54, 1.807) is 4.90 Å². The van der Waals surface area contributed by atoms with Crippen LogP contribution in [0.3, 0.4) is 0 Å². The summed E-state index contributed by atoms with van der Waals surface area (Å²) in [5.74, 6) is -0.237. The van der Waals surface area contributed by atoms with E-state index in [4.69, 9.17) is 0 Å². The second-order valence-corrected chi connectivity index (χ2v) is 8.81. The Kier molecular flexibility index (Phi) is 7.81. The van der Waals surface area contributed by atoms with Gasteiger partial charge in [-0.25, -0.2) is 0 Å². The van der Waals surface area contributed by atoms with Gasteiger partial charge in [0, 0.05) is 57.8 Å². The third-order valence-corrected chi connectivity index (χ3v) is 6.29. The molecule has 0 atom stereocenters. The maximum Gasteiger partial charge on any atom is 0.266 e. The molecule has 3 aromatic rings. The van der Waals surface area contributed by atoms with Crippen LogP contribution in [0, 0.1) is 11.3 Å². The highest BCUT2D eigenvalue weighted by molar-refractivity contribution is 5.97. The zero-order valence-corrected chi connectivity index (χ0v) is 20.3. The van der Waals surface area contributed by atoms with Gasteiger partial charge in [0.15, 0.2) is 0 Å². The van der Waals surface area contributed by atoms with Gasteiger partial charge in [-0.15, -0.1) is 0 Å². The summed E-state index contributed by atoms with van der Waals surface area (Å²) in [5.41, 5.74) is 4.45. The van der Waals surface area contributed by atoms with Gasteiger partial charge in [-0.3, -0.25) is 9.69 Å². The van der Waals surface area contributed by atoms with Crippen LogP contribution in [0.15, 0.2) is 96.7 Å². The molecule has 1 aliphatic heterocycles. The molecule has 178 valence electrons. The lowest BCUT2D eigenvalue weighted by atomic mass is 9.96. The highest BCUT2D eigenvalue weighted by atomic mass is 16.2. The van der Waals surface area contributed by atoms with E-state index in [-0.39, 0.29) is 17.5 Å². The number of benzene rings is 3. The van der Waals surface area contributed by atoms with Crippen molar-refractivity contribution in [3.63, 3.8) is 0 Å². The Labute approximate surface area is 207 Å². The third kappa shape index (κ3) is 5.89. The predicted molar refractivity (Wildman–Crippen MR) is 141 cm³/mol. The summed E-state index contributed by atoms with van der Waals surface area (Å²) >= 11 is 0. The number of nitriles is 1. The number of piperazine rings is 1. The minimum atomic E-state index is -0.237. The van der Waals surface area contributed by atoms with Gasteiger partial charge in [0.25, 0.3) is 5.91 Å². The van der Waals surface area contributed by atoms with E-state index >= 15 is 0 Å². The van der Waals surface area contributed by atoms with Gasteiger partial charge in [0.2, 0.25) is 0 Å². The maximum atomic E-state index is 13.1. The fourth-order valence-corrected chi connectivity index (χ4v) is 4.41. The summed E-state index contributed by atoms with van der Waals surface area (Å²) in [6.45, 7) is 2.61. The van der Waals surface area contributed by atoms with Crippen molar-refractivity contribution in [1.82, 2.24) is 9.80 Å². The summed E-state index contributed by atoms with van der Waals surface area (Å²) in [6, 6.07) is 31.0. The predicted octanol–water partition coefficient (Wildman–Crippen LogP) is 4.51. The molecule has 3 aromatic carbocycles. The fourth-order valence-electron chi connectivity index (χ4n) is 4.41. The molecule has 1 N–H and O–H groups in total. The first-order valence-electron chi connectivity index (χ1n) is 11.8. The van der Waals surface area contributed by atoms with Crippen molar-refractivity contribution in [3.8, 4) is 6.07 Å². The number of anilines is 2. The number of hydrogen-bond donors (Lipinski definition) is 1. The zero-order valence-electron chi connectivity index (χ0n) is 20.3. The van der Waals surface area contributed by atoms with Crippen LogP contribution in [0.5, 0.6) is 0 Å². The van der Waals surface area contributed by atoms with Gasteiger partial charge in [-0.1, -0.05) is 66.7 Å². The largest absolute Gasteiger partial charge is 0.378 e. The SMILES string of the molecule is CN(C)c1cccc(N/C=C(/C#N)C(=O)N2CCN(C(c3ccccc3)c3ccccc3)CC2)c1. The van der Waals surface area contributed by atoms with E-state index in [1.165, 1.54) is 17.3 Å². The minimum Gasteiger partial charge on any atom is -0.378 e. The van der Waals surface area contributed by atoms with Crippen LogP contribution in [0.4, 0.5) is 11.4 Å². The Morgan fingerprint density at radius 2 is 1.51 bits per heavy atom. The molecule has 1 amide bonds. The standard InChI is InChI=1S/C29H31N5O/c1-32(2)27-15-9-14-26(20-27)31-22-25(21-30)29(35)34-18-16-33(17-19-34)28(23-10-5-3-6-11-23)24-12-7-4-8-13-24/h3-15,20,22,28,31H,16-19H2,1-2H3/b25-22-. The lowest BCUT2D eigenvalue weighted by molar-refractivity contribution is -0.128. The van der Waals surface area contributed by atoms with E-state index < -0.39 is 0 Å². The molecular formula is C29H31N5O. The molecule has 0 unspecified atom stereocenters. The molecule has 35 heavy (non-hydrogen) atoms. The molecule has 0 radical (unpaired) electrons. The second kappa shape index (κ2) is 11.4. The lowest BCUT2D eigenvalue weighted by Crippen LogP contribution is -2.50. The summed E-state index contributed by atoms with van der Waals surface area (Å²) in [5, 5.41) is 12.8. The van der Waals surface area contributed by atoms with Crippen LogP contribution >= 0.6 is 0 Å². The Hall–Kier alpha value is -4.08. The van der Waals surface area contributed by atoms with Crippen LogP contribution in [-0.2, 0) is 4.79 Å². The van der Waals surface area contributed by atoms with E-state index in [0.29, 0.717) is 13.1 Å². The van der Waals surface area contributed by atoms with E-state index in [0.717, 1.165) is 24.5 Å². The third-order valence-electron chi connectivity index (χ3n) is 6.29. The van der Waals surface area contributed by atoms with Crippen molar-refractivity contribution < 1.29 is 4.79 Å². The van der Waals surface area contributed by atoms with Crippen molar-refractivity contribution in [2.75, 3.05) is 50.5 Å². The Bertz CT molecular complexity index is 1150. The van der Waals surface area contributed by atoms with Crippen molar-refractivity contribution in [1.29, 1.82) is 5.26 Å². The molecule has 0 aromatic heterocycles. The fraction of sp³-hybridized carbons (Fsp3) is 0.241. The molecule has 1 aliphatic rings. The summed E-state index contributed by atoms with van der Waals surface area (Å²) < 4.78 is 0. The number of nitrogens with zero attached hydrogens (tertiary/aromatic N) is 4. The van der Waals surface area contributed by atoms with Crippen LogP contribution in [0.2, 0.25) is 0 Å². The molecule has 0 spiro atoms. The molecular weight excluding hydrogens is 434 g/mol. The topological polar surface area (TPSA) is 62.6 Å². The van der Waals surface area contributed by atoms with Gasteiger partial charge < -0.3 is 15.1 Å². The second-order valence-electron chi connectivity index (χ2n) is 8.81. The van der Waals surface area contributed by atoms with Crippen LogP contribution < -0.4 is 10.2 Å². The molecule has 0 aliphatic carbocycles. The first-order valence-corrected chi connectivity index (χ1v) is 11.8. The number of amides is 1.